The van der Waals surface area contributed by atoms with Crippen LogP contribution in [0.15, 0.2) is 18.2 Å². The number of carbonyl (C=O) groups is 3. The number of rotatable bonds is 2. The summed E-state index contributed by atoms with van der Waals surface area (Å²) >= 11 is 5.76. The molecule has 2 aromatic rings. The number of hydrogen-bond acceptors (Lipinski definition) is 5. The molecule has 1 aromatic heterocycles. The molecule has 0 fully saturated rings. The predicted octanol–water partition coefficient (Wildman–Crippen LogP) is 1.14. The number of primary amides is 1. The van der Waals surface area contributed by atoms with E-state index in [9.17, 15) is 18.8 Å². The number of nitrogens with two attached hydrogens (primary N) is 1. The maximum absolute atomic E-state index is 13.3. The molecule has 30 heavy (non-hydrogen) atoms. The van der Waals surface area contributed by atoms with Gasteiger partial charge in [-0.25, -0.2) is 14.2 Å². The van der Waals surface area contributed by atoms with Gasteiger partial charge >= 0.3 is 6.03 Å². The van der Waals surface area contributed by atoms with Crippen molar-refractivity contribution >= 4 is 35.1 Å². The van der Waals surface area contributed by atoms with Crippen molar-refractivity contribution in [3.05, 3.63) is 46.0 Å². The molecule has 3 N–H and O–H groups in total. The van der Waals surface area contributed by atoms with Crippen molar-refractivity contribution in [2.45, 2.75) is 25.6 Å². The first kappa shape index (κ1) is 20.1. The number of hydrogen-bond donors (Lipinski definition) is 2. The summed E-state index contributed by atoms with van der Waals surface area (Å²) in [5, 5.41) is 7.95. The Morgan fingerprint density at radius 1 is 1.40 bits per heavy atom. The van der Waals surface area contributed by atoms with Crippen LogP contribution in [-0.4, -0.2) is 57.3 Å². The Morgan fingerprint density at radius 2 is 2.17 bits per heavy atom. The van der Waals surface area contributed by atoms with E-state index in [2.05, 4.69) is 10.4 Å². The Balaban J connectivity index is 1.58. The summed E-state index contributed by atoms with van der Waals surface area (Å²) in [6.07, 6.45) is -0.615. The lowest BCUT2D eigenvalue weighted by molar-refractivity contribution is -0.165. The predicted molar refractivity (Wildman–Crippen MR) is 103 cm³/mol. The number of carbonyl (C=O) groups excluding carboxylic acids is 3. The normalized spacial score (nSPS) is 18.5. The second-order valence-electron chi connectivity index (χ2n) is 6.99. The maximum atomic E-state index is 13.3. The van der Waals surface area contributed by atoms with Crippen LogP contribution >= 0.6 is 11.6 Å². The quantitative estimate of drug-likeness (QED) is 0.730. The minimum atomic E-state index is -1.04. The van der Waals surface area contributed by atoms with E-state index in [0.717, 1.165) is 11.1 Å². The highest BCUT2D eigenvalue weighted by Gasteiger charge is 2.36. The third kappa shape index (κ3) is 3.57. The molecule has 1 aromatic carbocycles. The van der Waals surface area contributed by atoms with Crippen molar-refractivity contribution < 1.29 is 23.6 Å². The maximum Gasteiger partial charge on any atom is 0.322 e. The molecule has 0 bridgehead atoms. The number of nitrogens with one attached hydrogen (secondary N) is 1. The third-order valence-electron chi connectivity index (χ3n) is 4.99. The molecule has 2 aliphatic heterocycles. The fourth-order valence-electron chi connectivity index (χ4n) is 3.47. The number of aromatic nitrogens is 2. The van der Waals surface area contributed by atoms with Gasteiger partial charge in [0.2, 0.25) is 0 Å². The Bertz CT molecular complexity index is 1060. The van der Waals surface area contributed by atoms with E-state index in [0.29, 0.717) is 29.9 Å². The zero-order valence-electron chi connectivity index (χ0n) is 15.9. The van der Waals surface area contributed by atoms with Crippen molar-refractivity contribution in [2.24, 2.45) is 5.73 Å². The Kier molecular flexibility index (Phi) is 5.08. The van der Waals surface area contributed by atoms with Crippen molar-refractivity contribution in [3.8, 4) is 0 Å². The van der Waals surface area contributed by atoms with Crippen LogP contribution in [0.25, 0.3) is 0 Å². The van der Waals surface area contributed by atoms with E-state index in [-0.39, 0.29) is 23.8 Å². The number of halogens is 2. The second kappa shape index (κ2) is 7.58. The van der Waals surface area contributed by atoms with Gasteiger partial charge in [-0.15, -0.1) is 0 Å². The highest BCUT2D eigenvalue weighted by Crippen LogP contribution is 2.27. The lowest BCUT2D eigenvalue weighted by Crippen LogP contribution is -2.40. The smallest absolute Gasteiger partial charge is 0.322 e. The van der Waals surface area contributed by atoms with Crippen molar-refractivity contribution in [1.29, 1.82) is 0 Å². The molecule has 12 heteroatoms. The standard InChI is InChI=1S/C18H18ClFN6O4/c1-24-17(28)15-10-7-25(18(29)22-9-2-3-12(20)11(19)6-9)5-4-13(10)23-26(15)8-14(30-24)16(21)27/h2-3,6,14H,4-5,7-8H2,1H3,(H2,21,27)(H,22,29). The van der Waals surface area contributed by atoms with E-state index in [1.54, 1.807) is 0 Å². The summed E-state index contributed by atoms with van der Waals surface area (Å²) in [6.45, 7) is 0.490. The van der Waals surface area contributed by atoms with Gasteiger partial charge in [-0.2, -0.15) is 5.10 Å². The summed E-state index contributed by atoms with van der Waals surface area (Å²) in [4.78, 5) is 43.9. The van der Waals surface area contributed by atoms with Crippen molar-refractivity contribution in [2.75, 3.05) is 18.9 Å². The van der Waals surface area contributed by atoms with E-state index >= 15 is 0 Å². The highest BCUT2D eigenvalue weighted by molar-refractivity contribution is 6.31. The minimum absolute atomic E-state index is 0.00593. The molecule has 10 nitrogen and oxygen atoms in total. The van der Waals surface area contributed by atoms with Crippen molar-refractivity contribution in [1.82, 2.24) is 19.7 Å². The SMILES string of the molecule is CN1OC(C(N)=O)Cn2nc3c(c2C1=O)CN(C(=O)Nc1ccc(F)c(Cl)c1)CC3. The molecule has 0 aliphatic carbocycles. The third-order valence-corrected chi connectivity index (χ3v) is 5.28. The number of anilines is 1. The van der Waals surface area contributed by atoms with Gasteiger partial charge in [0.05, 0.1) is 23.8 Å². The number of amides is 4. The monoisotopic (exact) mass is 436 g/mol. The first-order valence-corrected chi connectivity index (χ1v) is 9.46. The zero-order valence-corrected chi connectivity index (χ0v) is 16.6. The molecule has 4 amide bonds. The van der Waals surface area contributed by atoms with Crippen LogP contribution in [0.3, 0.4) is 0 Å². The molecule has 158 valence electrons. The largest absolute Gasteiger partial charge is 0.367 e. The van der Waals surface area contributed by atoms with Crippen LogP contribution < -0.4 is 11.1 Å². The molecule has 4 rings (SSSR count). The second-order valence-corrected chi connectivity index (χ2v) is 7.39. The van der Waals surface area contributed by atoms with Gasteiger partial charge in [0.25, 0.3) is 11.8 Å². The van der Waals surface area contributed by atoms with Crippen LogP contribution in [0.2, 0.25) is 5.02 Å². The summed E-state index contributed by atoms with van der Waals surface area (Å²) < 4.78 is 14.7. The number of urea groups is 1. The first-order valence-electron chi connectivity index (χ1n) is 9.08. The molecule has 0 saturated carbocycles. The lowest BCUT2D eigenvalue weighted by atomic mass is 10.1. The molecule has 0 spiro atoms. The van der Waals surface area contributed by atoms with Gasteiger partial charge in [-0.3, -0.25) is 19.1 Å². The van der Waals surface area contributed by atoms with E-state index in [1.165, 1.54) is 28.8 Å². The fraction of sp³-hybridized carbons (Fsp3) is 0.333. The molecule has 3 heterocycles. The van der Waals surface area contributed by atoms with E-state index < -0.39 is 29.8 Å². The van der Waals surface area contributed by atoms with Gasteiger partial charge in [-0.1, -0.05) is 11.6 Å². The summed E-state index contributed by atoms with van der Waals surface area (Å²) in [7, 11) is 1.39. The topological polar surface area (TPSA) is 123 Å². The molecular weight excluding hydrogens is 419 g/mol. The number of benzene rings is 1. The first-order chi connectivity index (χ1) is 14.2. The summed E-state index contributed by atoms with van der Waals surface area (Å²) in [5.41, 5.74) is 7.19. The van der Waals surface area contributed by atoms with Gasteiger partial charge < -0.3 is 16.0 Å². The average Bonchev–Trinajstić information content (AvgIpc) is 3.00. The van der Waals surface area contributed by atoms with Gasteiger partial charge in [0.1, 0.15) is 11.5 Å². The Labute approximate surface area is 175 Å². The van der Waals surface area contributed by atoms with Gasteiger partial charge in [0, 0.05) is 31.3 Å². The Hall–Kier alpha value is -3.18. The lowest BCUT2D eigenvalue weighted by Gasteiger charge is -2.27. The molecule has 1 unspecified atom stereocenters. The van der Waals surface area contributed by atoms with Crippen LogP contribution in [0.5, 0.6) is 0 Å². The zero-order chi connectivity index (χ0) is 21.6. The van der Waals surface area contributed by atoms with E-state index in [4.69, 9.17) is 22.2 Å². The van der Waals surface area contributed by atoms with Crippen LogP contribution in [0, 0.1) is 5.82 Å². The number of nitrogens with zero attached hydrogens (tertiary/aromatic N) is 4. The molecular formula is C18H18ClFN6O4. The van der Waals surface area contributed by atoms with Crippen LogP contribution in [0.1, 0.15) is 21.7 Å². The average molecular weight is 437 g/mol. The molecule has 0 radical (unpaired) electrons. The van der Waals surface area contributed by atoms with Crippen LogP contribution in [0.4, 0.5) is 14.9 Å². The fourth-order valence-corrected chi connectivity index (χ4v) is 3.65. The molecule has 2 aliphatic rings. The number of fused-ring (bicyclic) bond motifs is 3. The summed E-state index contributed by atoms with van der Waals surface area (Å²) in [5.74, 6) is -1.78. The van der Waals surface area contributed by atoms with Crippen molar-refractivity contribution in [3.63, 3.8) is 0 Å². The van der Waals surface area contributed by atoms with E-state index in [1.807, 2.05) is 0 Å². The highest BCUT2D eigenvalue weighted by atomic mass is 35.5. The Morgan fingerprint density at radius 3 is 2.87 bits per heavy atom. The summed E-state index contributed by atoms with van der Waals surface area (Å²) in [6, 6.07) is 3.45. The molecule has 1 atom stereocenters. The molecule has 0 saturated heterocycles. The van der Waals surface area contributed by atoms with Gasteiger partial charge in [-0.05, 0) is 18.2 Å². The van der Waals surface area contributed by atoms with Gasteiger partial charge in [0.15, 0.2) is 6.10 Å². The van der Waals surface area contributed by atoms with Crippen LogP contribution in [-0.2, 0) is 29.1 Å². The number of hydroxylamine groups is 2. The minimum Gasteiger partial charge on any atom is -0.367 e.